The van der Waals surface area contributed by atoms with Crippen LogP contribution in [0.4, 0.5) is 0 Å². The van der Waals surface area contributed by atoms with Crippen molar-refractivity contribution in [1.29, 1.82) is 0 Å². The largest absolute Gasteiger partial charge is 0.492 e. The van der Waals surface area contributed by atoms with Gasteiger partial charge in [-0.25, -0.2) is 4.98 Å². The Kier molecular flexibility index (Phi) is 5.14. The SMILES string of the molecule is CCc1nc2sc([C@H](c3ccc(Cl)cc3)N3C[C@H](C)C[C@@H](C)C3)c(O)n2n1. The highest BCUT2D eigenvalue weighted by Gasteiger charge is 2.33. The fourth-order valence-corrected chi connectivity index (χ4v) is 5.48. The normalized spacial score (nSPS) is 22.4. The maximum absolute atomic E-state index is 11.0. The summed E-state index contributed by atoms with van der Waals surface area (Å²) in [5, 5.41) is 16.1. The quantitative estimate of drug-likeness (QED) is 0.679. The number of piperidine rings is 1. The lowest BCUT2D eigenvalue weighted by molar-refractivity contribution is 0.112. The Morgan fingerprint density at radius 1 is 1.22 bits per heavy atom. The molecule has 3 atom stereocenters. The maximum atomic E-state index is 11.0. The summed E-state index contributed by atoms with van der Waals surface area (Å²) in [6.45, 7) is 8.63. The summed E-state index contributed by atoms with van der Waals surface area (Å²) < 4.78 is 1.58. The topological polar surface area (TPSA) is 53.7 Å². The van der Waals surface area contributed by atoms with Crippen molar-refractivity contribution in [2.75, 3.05) is 13.1 Å². The van der Waals surface area contributed by atoms with Crippen LogP contribution in [-0.4, -0.2) is 37.7 Å². The third-order valence-corrected chi connectivity index (χ3v) is 6.58. The summed E-state index contributed by atoms with van der Waals surface area (Å²) >= 11 is 7.65. The first-order valence-corrected chi connectivity index (χ1v) is 10.7. The Morgan fingerprint density at radius 2 is 1.89 bits per heavy atom. The predicted octanol–water partition coefficient (Wildman–Crippen LogP) is 4.78. The Bertz CT molecular complexity index is 926. The molecule has 1 saturated heterocycles. The minimum Gasteiger partial charge on any atom is -0.492 e. The van der Waals surface area contributed by atoms with Gasteiger partial charge in [0.2, 0.25) is 10.8 Å². The number of hydrogen-bond donors (Lipinski definition) is 1. The number of hydrogen-bond acceptors (Lipinski definition) is 5. The van der Waals surface area contributed by atoms with Gasteiger partial charge < -0.3 is 5.11 Å². The lowest BCUT2D eigenvalue weighted by Crippen LogP contribution is -2.41. The molecule has 0 amide bonds. The van der Waals surface area contributed by atoms with Gasteiger partial charge in [-0.05, 0) is 36.0 Å². The molecule has 0 spiro atoms. The van der Waals surface area contributed by atoms with E-state index in [9.17, 15) is 5.11 Å². The zero-order valence-electron chi connectivity index (χ0n) is 15.9. The molecule has 0 saturated carbocycles. The van der Waals surface area contributed by atoms with Crippen molar-refractivity contribution >= 4 is 27.9 Å². The molecular weight excluding hydrogens is 380 g/mol. The Labute approximate surface area is 168 Å². The summed E-state index contributed by atoms with van der Waals surface area (Å²) in [5.74, 6) is 2.21. The van der Waals surface area contributed by atoms with E-state index in [1.54, 1.807) is 4.52 Å². The van der Waals surface area contributed by atoms with Crippen molar-refractivity contribution in [2.24, 2.45) is 11.8 Å². The van der Waals surface area contributed by atoms with Gasteiger partial charge in [-0.2, -0.15) is 4.52 Å². The first-order chi connectivity index (χ1) is 13.0. The number of aryl methyl sites for hydroxylation is 1. The van der Waals surface area contributed by atoms with Crippen LogP contribution in [0, 0.1) is 11.8 Å². The van der Waals surface area contributed by atoms with Crippen LogP contribution >= 0.6 is 22.9 Å². The van der Waals surface area contributed by atoms with Gasteiger partial charge in [0.1, 0.15) is 0 Å². The van der Waals surface area contributed by atoms with E-state index >= 15 is 0 Å². The summed E-state index contributed by atoms with van der Waals surface area (Å²) in [6, 6.07) is 7.94. The van der Waals surface area contributed by atoms with Crippen LogP contribution in [0.3, 0.4) is 0 Å². The van der Waals surface area contributed by atoms with Gasteiger partial charge in [0, 0.05) is 24.5 Å². The molecule has 0 unspecified atom stereocenters. The van der Waals surface area contributed by atoms with Gasteiger partial charge in [-0.3, -0.25) is 4.90 Å². The molecule has 1 aromatic carbocycles. The second kappa shape index (κ2) is 7.41. The average Bonchev–Trinajstić information content (AvgIpc) is 3.16. The van der Waals surface area contributed by atoms with E-state index in [0.29, 0.717) is 11.8 Å². The Morgan fingerprint density at radius 3 is 2.48 bits per heavy atom. The molecule has 2 aromatic heterocycles. The van der Waals surface area contributed by atoms with Gasteiger partial charge in [0.25, 0.3) is 0 Å². The highest BCUT2D eigenvalue weighted by molar-refractivity contribution is 7.17. The second-order valence-corrected chi connectivity index (χ2v) is 9.17. The second-order valence-electron chi connectivity index (χ2n) is 7.72. The average molecular weight is 405 g/mol. The van der Waals surface area contributed by atoms with Crippen molar-refractivity contribution in [2.45, 2.75) is 39.7 Å². The summed E-state index contributed by atoms with van der Waals surface area (Å²) in [4.78, 5) is 8.67. The molecule has 144 valence electrons. The zero-order chi connectivity index (χ0) is 19.1. The minimum atomic E-state index is -0.0222. The number of benzene rings is 1. The van der Waals surface area contributed by atoms with E-state index in [0.717, 1.165) is 45.8 Å². The summed E-state index contributed by atoms with van der Waals surface area (Å²) in [5.41, 5.74) is 1.14. The third-order valence-electron chi connectivity index (χ3n) is 5.26. The van der Waals surface area contributed by atoms with E-state index in [-0.39, 0.29) is 11.9 Å². The number of thiazole rings is 1. The maximum Gasteiger partial charge on any atom is 0.230 e. The van der Waals surface area contributed by atoms with Gasteiger partial charge in [-0.15, -0.1) is 5.10 Å². The van der Waals surface area contributed by atoms with E-state index in [1.807, 2.05) is 19.1 Å². The monoisotopic (exact) mass is 404 g/mol. The molecular formula is C20H25ClN4OS. The third kappa shape index (κ3) is 3.58. The molecule has 0 bridgehead atoms. The molecule has 7 heteroatoms. The fraction of sp³-hybridized carbons (Fsp3) is 0.500. The van der Waals surface area contributed by atoms with Crippen molar-refractivity contribution in [3.05, 3.63) is 45.6 Å². The number of aromatic nitrogens is 3. The van der Waals surface area contributed by atoms with Gasteiger partial charge in [0.15, 0.2) is 5.82 Å². The predicted molar refractivity (Wildman–Crippen MR) is 110 cm³/mol. The first kappa shape index (κ1) is 18.7. The summed E-state index contributed by atoms with van der Waals surface area (Å²) in [7, 11) is 0. The van der Waals surface area contributed by atoms with Crippen molar-refractivity contribution in [3.63, 3.8) is 0 Å². The smallest absolute Gasteiger partial charge is 0.230 e. The van der Waals surface area contributed by atoms with Crippen molar-refractivity contribution in [1.82, 2.24) is 19.5 Å². The molecule has 3 aromatic rings. The molecule has 1 aliphatic rings. The minimum absolute atomic E-state index is 0.0222. The standard InChI is InChI=1S/C20H25ClN4OS/c1-4-16-22-20-25(23-16)19(26)18(27-20)17(14-5-7-15(21)8-6-14)24-10-12(2)9-13(3)11-24/h5-8,12-13,17,26H,4,9-11H2,1-3H3/t12-,13-,17+/m1/s1. The molecule has 3 heterocycles. The number of rotatable bonds is 4. The van der Waals surface area contributed by atoms with Gasteiger partial charge in [-0.1, -0.05) is 55.8 Å². The van der Waals surface area contributed by atoms with Crippen molar-refractivity contribution < 1.29 is 5.11 Å². The summed E-state index contributed by atoms with van der Waals surface area (Å²) in [6.07, 6.45) is 2.00. The molecule has 0 aliphatic carbocycles. The number of halogens is 1. The fourth-order valence-electron chi connectivity index (χ4n) is 4.21. The number of nitrogens with zero attached hydrogens (tertiary/aromatic N) is 4. The van der Waals surface area contributed by atoms with E-state index in [2.05, 4.69) is 41.0 Å². The highest BCUT2D eigenvalue weighted by Crippen LogP contribution is 2.42. The molecule has 1 fully saturated rings. The van der Waals surface area contributed by atoms with Crippen LogP contribution in [0.1, 0.15) is 49.5 Å². The van der Waals surface area contributed by atoms with Crippen LogP contribution in [0.2, 0.25) is 5.02 Å². The van der Waals surface area contributed by atoms with Crippen molar-refractivity contribution in [3.8, 4) is 5.88 Å². The zero-order valence-corrected chi connectivity index (χ0v) is 17.5. The van der Waals surface area contributed by atoms with Crippen LogP contribution < -0.4 is 0 Å². The van der Waals surface area contributed by atoms with E-state index in [4.69, 9.17) is 11.6 Å². The van der Waals surface area contributed by atoms with Crippen LogP contribution in [0.25, 0.3) is 4.96 Å². The van der Waals surface area contributed by atoms with Crippen LogP contribution in [0.5, 0.6) is 5.88 Å². The highest BCUT2D eigenvalue weighted by atomic mass is 35.5. The Balaban J connectivity index is 1.81. The van der Waals surface area contributed by atoms with Crippen LogP contribution in [-0.2, 0) is 6.42 Å². The van der Waals surface area contributed by atoms with Gasteiger partial charge in [0.05, 0.1) is 10.9 Å². The Hall–Kier alpha value is -1.63. The van der Waals surface area contributed by atoms with E-state index < -0.39 is 0 Å². The molecule has 5 nitrogen and oxygen atoms in total. The first-order valence-electron chi connectivity index (χ1n) is 9.53. The lowest BCUT2D eigenvalue weighted by Gasteiger charge is -2.40. The number of fused-ring (bicyclic) bond motifs is 1. The van der Waals surface area contributed by atoms with Crippen LogP contribution in [0.15, 0.2) is 24.3 Å². The van der Waals surface area contributed by atoms with E-state index in [1.165, 1.54) is 17.8 Å². The molecule has 4 rings (SSSR count). The number of aromatic hydroxyl groups is 1. The molecule has 0 radical (unpaired) electrons. The number of likely N-dealkylation sites (tertiary alicyclic amines) is 1. The molecule has 1 N–H and O–H groups in total. The van der Waals surface area contributed by atoms with Gasteiger partial charge >= 0.3 is 0 Å². The molecule has 1 aliphatic heterocycles. The molecule has 27 heavy (non-hydrogen) atoms. The lowest BCUT2D eigenvalue weighted by atomic mass is 9.89.